The number of methoxy groups -OCH3 is 1. The first kappa shape index (κ1) is 20.8. The highest BCUT2D eigenvalue weighted by Crippen LogP contribution is 2.30. The zero-order valence-corrected chi connectivity index (χ0v) is 18.6. The number of nitrogens with zero attached hydrogens (tertiary/aromatic N) is 4. The molecular formula is C23H33N5O2. The quantitative estimate of drug-likeness (QED) is 0.838. The fraction of sp³-hybridized carbons (Fsp3) is 0.609. The van der Waals surface area contributed by atoms with Gasteiger partial charge in [-0.05, 0) is 55.5 Å². The standard InChI is InChI=1S/C23H33N5O2/c1-22(2,3)9-12-27-13-10-23(11-14-27)15-19-24-21(26-28(19)16-20(29)25-23)17-5-7-18(30-4)8-6-17/h5-8H,9-16H2,1-4H3,(H,25,29). The van der Waals surface area contributed by atoms with Crippen LogP contribution in [0.15, 0.2) is 24.3 Å². The van der Waals surface area contributed by atoms with Crippen LogP contribution in [0.1, 0.15) is 45.9 Å². The molecule has 7 heteroatoms. The smallest absolute Gasteiger partial charge is 0.242 e. The third-order valence-corrected chi connectivity index (χ3v) is 6.28. The van der Waals surface area contributed by atoms with Gasteiger partial charge in [0.15, 0.2) is 5.82 Å². The number of carbonyl (C=O) groups excluding carboxylic acids is 1. The van der Waals surface area contributed by atoms with Gasteiger partial charge >= 0.3 is 0 Å². The lowest BCUT2D eigenvalue weighted by Gasteiger charge is -2.42. The number of fused-ring (bicyclic) bond motifs is 1. The molecule has 0 aliphatic carbocycles. The molecule has 1 aromatic heterocycles. The average Bonchev–Trinajstić information content (AvgIpc) is 3.03. The van der Waals surface area contributed by atoms with Gasteiger partial charge in [0, 0.05) is 30.6 Å². The maximum Gasteiger partial charge on any atom is 0.242 e. The molecule has 1 amide bonds. The first-order chi connectivity index (χ1) is 14.3. The summed E-state index contributed by atoms with van der Waals surface area (Å²) in [4.78, 5) is 20.0. The van der Waals surface area contributed by atoms with E-state index in [9.17, 15) is 4.79 Å². The minimum atomic E-state index is -0.215. The molecule has 1 saturated heterocycles. The maximum absolute atomic E-state index is 12.7. The van der Waals surface area contributed by atoms with Gasteiger partial charge in [-0.2, -0.15) is 5.10 Å². The van der Waals surface area contributed by atoms with Crippen molar-refractivity contribution >= 4 is 5.91 Å². The van der Waals surface area contributed by atoms with E-state index in [0.717, 1.165) is 56.0 Å². The first-order valence-corrected chi connectivity index (χ1v) is 10.9. The number of hydrogen-bond donors (Lipinski definition) is 1. The Morgan fingerprint density at radius 1 is 1.17 bits per heavy atom. The number of carbonyl (C=O) groups is 1. The second kappa shape index (κ2) is 8.02. The minimum Gasteiger partial charge on any atom is -0.497 e. The van der Waals surface area contributed by atoms with E-state index in [1.165, 1.54) is 6.42 Å². The minimum absolute atomic E-state index is 0.0306. The molecule has 2 aromatic rings. The van der Waals surface area contributed by atoms with Crippen molar-refractivity contribution in [1.82, 2.24) is 25.0 Å². The van der Waals surface area contributed by atoms with Crippen molar-refractivity contribution in [3.8, 4) is 17.1 Å². The molecule has 1 spiro atoms. The Morgan fingerprint density at radius 2 is 1.87 bits per heavy atom. The van der Waals surface area contributed by atoms with E-state index in [1.54, 1.807) is 11.8 Å². The zero-order valence-electron chi connectivity index (χ0n) is 18.6. The van der Waals surface area contributed by atoms with E-state index in [1.807, 2.05) is 24.3 Å². The summed E-state index contributed by atoms with van der Waals surface area (Å²) >= 11 is 0. The lowest BCUT2D eigenvalue weighted by Crippen LogP contribution is -2.56. The number of aromatic nitrogens is 3. The molecule has 7 nitrogen and oxygen atoms in total. The van der Waals surface area contributed by atoms with Crippen molar-refractivity contribution in [2.75, 3.05) is 26.7 Å². The Bertz CT molecular complexity index is 889. The van der Waals surface area contributed by atoms with Gasteiger partial charge in [-0.1, -0.05) is 20.8 Å². The Labute approximate surface area is 178 Å². The van der Waals surface area contributed by atoms with E-state index in [2.05, 4.69) is 36.1 Å². The van der Waals surface area contributed by atoms with E-state index < -0.39 is 0 Å². The molecular weight excluding hydrogens is 378 g/mol. The first-order valence-electron chi connectivity index (χ1n) is 10.9. The molecule has 30 heavy (non-hydrogen) atoms. The molecule has 4 rings (SSSR count). The number of nitrogens with one attached hydrogen (secondary N) is 1. The van der Waals surface area contributed by atoms with Gasteiger partial charge in [0.05, 0.1) is 7.11 Å². The Hall–Kier alpha value is -2.41. The summed E-state index contributed by atoms with van der Waals surface area (Å²) < 4.78 is 7.01. The van der Waals surface area contributed by atoms with Crippen LogP contribution < -0.4 is 10.1 Å². The zero-order chi connectivity index (χ0) is 21.4. The highest BCUT2D eigenvalue weighted by molar-refractivity contribution is 5.77. The van der Waals surface area contributed by atoms with Crippen molar-refractivity contribution in [2.45, 2.75) is 58.5 Å². The third kappa shape index (κ3) is 4.67. The molecule has 1 fully saturated rings. The second-order valence-corrected chi connectivity index (χ2v) is 9.90. The summed E-state index contributed by atoms with van der Waals surface area (Å²) in [5.41, 5.74) is 1.07. The van der Waals surface area contributed by atoms with Crippen molar-refractivity contribution in [3.05, 3.63) is 30.1 Å². The van der Waals surface area contributed by atoms with Gasteiger partial charge in [-0.15, -0.1) is 0 Å². The van der Waals surface area contributed by atoms with E-state index >= 15 is 0 Å². The fourth-order valence-electron chi connectivity index (χ4n) is 4.31. The van der Waals surface area contributed by atoms with Crippen molar-refractivity contribution < 1.29 is 9.53 Å². The summed E-state index contributed by atoms with van der Waals surface area (Å²) in [5.74, 6) is 2.39. The number of piperidine rings is 1. The highest BCUT2D eigenvalue weighted by Gasteiger charge is 2.40. The number of hydrogen-bond acceptors (Lipinski definition) is 5. The molecule has 0 unspecified atom stereocenters. The van der Waals surface area contributed by atoms with Gasteiger partial charge in [-0.25, -0.2) is 9.67 Å². The van der Waals surface area contributed by atoms with Crippen LogP contribution in [0.4, 0.5) is 0 Å². The molecule has 0 bridgehead atoms. The van der Waals surface area contributed by atoms with Crippen molar-refractivity contribution in [1.29, 1.82) is 0 Å². The second-order valence-electron chi connectivity index (χ2n) is 9.90. The van der Waals surface area contributed by atoms with Crippen molar-refractivity contribution in [2.24, 2.45) is 5.41 Å². The summed E-state index contributed by atoms with van der Waals surface area (Å²) in [6.07, 6.45) is 3.82. The van der Waals surface area contributed by atoms with Gasteiger partial charge in [0.1, 0.15) is 18.1 Å². The lowest BCUT2D eigenvalue weighted by atomic mass is 9.83. The number of ether oxygens (including phenoxy) is 1. The molecule has 0 radical (unpaired) electrons. The van der Waals surface area contributed by atoms with E-state index in [-0.39, 0.29) is 18.0 Å². The third-order valence-electron chi connectivity index (χ3n) is 6.28. The summed E-state index contributed by atoms with van der Waals surface area (Å²) in [6.45, 7) is 10.2. The predicted octanol–water partition coefficient (Wildman–Crippen LogP) is 2.90. The van der Waals surface area contributed by atoms with Gasteiger partial charge in [0.25, 0.3) is 0 Å². The van der Waals surface area contributed by atoms with Gasteiger partial charge in [0.2, 0.25) is 5.91 Å². The topological polar surface area (TPSA) is 72.3 Å². The number of rotatable bonds is 4. The summed E-state index contributed by atoms with van der Waals surface area (Å²) in [7, 11) is 1.65. The van der Waals surface area contributed by atoms with Crippen LogP contribution >= 0.6 is 0 Å². The number of likely N-dealkylation sites (tertiary alicyclic amines) is 1. The monoisotopic (exact) mass is 411 g/mol. The molecule has 1 aromatic carbocycles. The lowest BCUT2D eigenvalue weighted by molar-refractivity contribution is -0.123. The molecule has 162 valence electrons. The number of benzene rings is 1. The molecule has 0 saturated carbocycles. The van der Waals surface area contributed by atoms with E-state index in [4.69, 9.17) is 9.72 Å². The summed E-state index contributed by atoms with van der Waals surface area (Å²) in [6, 6.07) is 7.72. The van der Waals surface area contributed by atoms with Crippen LogP contribution in [0.2, 0.25) is 0 Å². The molecule has 1 N–H and O–H groups in total. The molecule has 0 atom stereocenters. The SMILES string of the molecule is COc1ccc(-c2nc3n(n2)CC(=O)NC2(CCN(CCC(C)(C)C)CC2)C3)cc1. The Kier molecular flexibility index (Phi) is 5.57. The van der Waals surface area contributed by atoms with Crippen molar-refractivity contribution in [3.63, 3.8) is 0 Å². The van der Waals surface area contributed by atoms with Crippen LogP contribution in [-0.4, -0.2) is 57.9 Å². The van der Waals surface area contributed by atoms with Gasteiger partial charge < -0.3 is 15.0 Å². The largest absolute Gasteiger partial charge is 0.497 e. The Balaban J connectivity index is 1.49. The van der Waals surface area contributed by atoms with Crippen LogP contribution in [0.3, 0.4) is 0 Å². The van der Waals surface area contributed by atoms with Crippen LogP contribution in [0.5, 0.6) is 5.75 Å². The van der Waals surface area contributed by atoms with E-state index in [0.29, 0.717) is 11.2 Å². The van der Waals surface area contributed by atoms with Crippen LogP contribution in [0.25, 0.3) is 11.4 Å². The summed E-state index contributed by atoms with van der Waals surface area (Å²) in [5, 5.41) is 7.94. The average molecular weight is 412 g/mol. The fourth-order valence-corrected chi connectivity index (χ4v) is 4.31. The number of amides is 1. The molecule has 2 aliphatic rings. The van der Waals surface area contributed by atoms with Crippen LogP contribution in [0, 0.1) is 5.41 Å². The highest BCUT2D eigenvalue weighted by atomic mass is 16.5. The van der Waals surface area contributed by atoms with Crippen LogP contribution in [-0.2, 0) is 17.8 Å². The Morgan fingerprint density at radius 3 is 2.50 bits per heavy atom. The maximum atomic E-state index is 12.7. The molecule has 2 aliphatic heterocycles. The normalized spacial score (nSPS) is 19.3. The van der Waals surface area contributed by atoms with Gasteiger partial charge in [-0.3, -0.25) is 4.79 Å². The predicted molar refractivity (Wildman–Crippen MR) is 116 cm³/mol. The molecule has 3 heterocycles.